The van der Waals surface area contributed by atoms with Gasteiger partial charge in [0.1, 0.15) is 0 Å². The van der Waals surface area contributed by atoms with Gasteiger partial charge >= 0.3 is 5.97 Å². The molecule has 1 atom stereocenters. The summed E-state index contributed by atoms with van der Waals surface area (Å²) in [5.41, 5.74) is 0.708. The number of aliphatic hydroxyl groups excluding tert-OH is 1. The molecule has 21 heavy (non-hydrogen) atoms. The fourth-order valence-electron chi connectivity index (χ4n) is 3.10. The molecule has 0 radical (unpaired) electrons. The van der Waals surface area contributed by atoms with Crippen LogP contribution in [0.5, 0.6) is 0 Å². The second kappa shape index (κ2) is 7.57. The van der Waals surface area contributed by atoms with Crippen molar-refractivity contribution in [1.82, 2.24) is 5.32 Å². The Morgan fingerprint density at radius 1 is 1.29 bits per heavy atom. The summed E-state index contributed by atoms with van der Waals surface area (Å²) in [6, 6.07) is 9.66. The van der Waals surface area contributed by atoms with Crippen molar-refractivity contribution in [3.8, 4) is 0 Å². The largest absolute Gasteiger partial charge is 0.469 e. The molecule has 1 aliphatic rings. The van der Waals surface area contributed by atoms with Crippen molar-refractivity contribution < 1.29 is 14.6 Å². The van der Waals surface area contributed by atoms with Crippen LogP contribution in [0.25, 0.3) is 0 Å². The van der Waals surface area contributed by atoms with Crippen LogP contribution in [-0.2, 0) is 9.53 Å². The quantitative estimate of drug-likeness (QED) is 0.789. The van der Waals surface area contributed by atoms with E-state index in [2.05, 4.69) is 5.32 Å². The first-order valence-electron chi connectivity index (χ1n) is 7.69. The minimum atomic E-state index is -0.332. The molecule has 4 nitrogen and oxygen atoms in total. The summed E-state index contributed by atoms with van der Waals surface area (Å²) in [7, 11) is 1.42. The van der Waals surface area contributed by atoms with Gasteiger partial charge < -0.3 is 15.2 Å². The average Bonchev–Trinajstić information content (AvgIpc) is 2.56. The number of benzene rings is 1. The van der Waals surface area contributed by atoms with Crippen molar-refractivity contribution >= 4 is 5.97 Å². The minimum absolute atomic E-state index is 0.121. The molecule has 0 saturated heterocycles. The first-order valence-corrected chi connectivity index (χ1v) is 7.69. The van der Waals surface area contributed by atoms with Crippen LogP contribution >= 0.6 is 0 Å². The Morgan fingerprint density at radius 3 is 2.52 bits per heavy atom. The maximum atomic E-state index is 12.1. The molecule has 4 heteroatoms. The average molecular weight is 291 g/mol. The number of hydrogen-bond acceptors (Lipinski definition) is 4. The molecule has 0 aliphatic heterocycles. The van der Waals surface area contributed by atoms with E-state index in [0.717, 1.165) is 31.2 Å². The van der Waals surface area contributed by atoms with Gasteiger partial charge in [-0.1, -0.05) is 49.6 Å². The lowest BCUT2D eigenvalue weighted by atomic mass is 9.81. The van der Waals surface area contributed by atoms with Gasteiger partial charge in [0.15, 0.2) is 0 Å². The highest BCUT2D eigenvalue weighted by Crippen LogP contribution is 2.28. The van der Waals surface area contributed by atoms with Crippen LogP contribution in [0.15, 0.2) is 30.3 Å². The van der Waals surface area contributed by atoms with Gasteiger partial charge in [-0.25, -0.2) is 0 Å². The molecule has 1 saturated carbocycles. The van der Waals surface area contributed by atoms with Crippen LogP contribution in [0.2, 0.25) is 0 Å². The molecule has 1 unspecified atom stereocenters. The van der Waals surface area contributed by atoms with E-state index in [1.807, 2.05) is 30.3 Å². The zero-order valence-corrected chi connectivity index (χ0v) is 12.7. The van der Waals surface area contributed by atoms with Gasteiger partial charge in [-0.2, -0.15) is 0 Å². The lowest BCUT2D eigenvalue weighted by Gasteiger charge is -2.37. The predicted octanol–water partition coefficient (Wildman–Crippen LogP) is 2.23. The Bertz CT molecular complexity index is 441. The number of methoxy groups -OCH3 is 1. The van der Waals surface area contributed by atoms with Gasteiger partial charge in [0.2, 0.25) is 0 Å². The fraction of sp³-hybridized carbons (Fsp3) is 0.588. The van der Waals surface area contributed by atoms with Gasteiger partial charge in [0.05, 0.1) is 19.6 Å². The molecular weight excluding hydrogens is 266 g/mol. The molecule has 1 aromatic rings. The fourth-order valence-corrected chi connectivity index (χ4v) is 3.10. The molecule has 0 heterocycles. The Balaban J connectivity index is 2.07. The SMILES string of the molecule is COC(=O)C(CNC1(CO)CCCCC1)c1ccccc1. The Morgan fingerprint density at radius 2 is 1.95 bits per heavy atom. The van der Waals surface area contributed by atoms with E-state index in [4.69, 9.17) is 4.74 Å². The third-order valence-electron chi connectivity index (χ3n) is 4.48. The van der Waals surface area contributed by atoms with E-state index >= 15 is 0 Å². The molecule has 0 bridgehead atoms. The molecule has 1 fully saturated rings. The first kappa shape index (κ1) is 16.0. The molecule has 1 aromatic carbocycles. The minimum Gasteiger partial charge on any atom is -0.469 e. The third-order valence-corrected chi connectivity index (χ3v) is 4.48. The summed E-state index contributed by atoms with van der Waals surface area (Å²) in [5.74, 6) is -0.570. The number of carbonyl (C=O) groups excluding carboxylic acids is 1. The molecule has 0 spiro atoms. The van der Waals surface area contributed by atoms with E-state index in [1.165, 1.54) is 13.5 Å². The second-order valence-electron chi connectivity index (χ2n) is 5.87. The summed E-state index contributed by atoms with van der Waals surface area (Å²) in [5, 5.41) is 13.2. The van der Waals surface area contributed by atoms with Crippen LogP contribution in [0.4, 0.5) is 0 Å². The normalized spacial score (nSPS) is 19.0. The number of carbonyl (C=O) groups is 1. The van der Waals surface area contributed by atoms with Crippen LogP contribution < -0.4 is 5.32 Å². The van der Waals surface area contributed by atoms with E-state index in [0.29, 0.717) is 6.54 Å². The molecule has 2 N–H and O–H groups in total. The van der Waals surface area contributed by atoms with Crippen molar-refractivity contribution in [2.45, 2.75) is 43.6 Å². The summed E-state index contributed by atoms with van der Waals surface area (Å²) < 4.78 is 4.93. The highest BCUT2D eigenvalue weighted by Gasteiger charge is 2.33. The van der Waals surface area contributed by atoms with Crippen LogP contribution in [0.1, 0.15) is 43.6 Å². The summed E-state index contributed by atoms with van der Waals surface area (Å²) in [4.78, 5) is 12.1. The summed E-state index contributed by atoms with van der Waals surface area (Å²) in [6.45, 7) is 0.618. The van der Waals surface area contributed by atoms with Gasteiger partial charge in [0, 0.05) is 12.1 Å². The smallest absolute Gasteiger partial charge is 0.314 e. The third kappa shape index (κ3) is 4.05. The molecular formula is C17H25NO3. The maximum Gasteiger partial charge on any atom is 0.314 e. The maximum absolute atomic E-state index is 12.1. The summed E-state index contributed by atoms with van der Waals surface area (Å²) in [6.07, 6.45) is 5.41. The van der Waals surface area contributed by atoms with Crippen molar-refractivity contribution in [1.29, 1.82) is 0 Å². The predicted molar refractivity (Wildman–Crippen MR) is 82.1 cm³/mol. The molecule has 1 aliphatic carbocycles. The van der Waals surface area contributed by atoms with Crippen LogP contribution in [-0.4, -0.2) is 36.9 Å². The lowest BCUT2D eigenvalue weighted by molar-refractivity contribution is -0.142. The Labute approximate surface area is 126 Å². The molecule has 0 amide bonds. The highest BCUT2D eigenvalue weighted by molar-refractivity contribution is 5.78. The molecule has 2 rings (SSSR count). The Kier molecular flexibility index (Phi) is 5.76. The number of esters is 1. The van der Waals surface area contributed by atoms with E-state index in [-0.39, 0.29) is 24.0 Å². The number of nitrogens with one attached hydrogen (secondary N) is 1. The molecule has 0 aromatic heterocycles. The van der Waals surface area contributed by atoms with Crippen LogP contribution in [0.3, 0.4) is 0 Å². The van der Waals surface area contributed by atoms with E-state index in [1.54, 1.807) is 0 Å². The monoisotopic (exact) mass is 291 g/mol. The standard InChI is InChI=1S/C17H25NO3/c1-21-16(20)15(14-8-4-2-5-9-14)12-18-17(13-19)10-6-3-7-11-17/h2,4-5,8-9,15,18-19H,3,6-7,10-13H2,1H3. The summed E-state index contributed by atoms with van der Waals surface area (Å²) >= 11 is 0. The van der Waals surface area contributed by atoms with Gasteiger partial charge in [0.25, 0.3) is 0 Å². The van der Waals surface area contributed by atoms with Gasteiger partial charge in [-0.15, -0.1) is 0 Å². The lowest BCUT2D eigenvalue weighted by Crippen LogP contribution is -2.51. The number of ether oxygens (including phenoxy) is 1. The van der Waals surface area contributed by atoms with E-state index in [9.17, 15) is 9.90 Å². The second-order valence-corrected chi connectivity index (χ2v) is 5.87. The van der Waals surface area contributed by atoms with Crippen LogP contribution in [0, 0.1) is 0 Å². The van der Waals surface area contributed by atoms with Crippen molar-refractivity contribution in [2.24, 2.45) is 0 Å². The van der Waals surface area contributed by atoms with E-state index < -0.39 is 0 Å². The van der Waals surface area contributed by atoms with Crippen molar-refractivity contribution in [3.63, 3.8) is 0 Å². The zero-order valence-electron chi connectivity index (χ0n) is 12.7. The number of hydrogen-bond donors (Lipinski definition) is 2. The van der Waals surface area contributed by atoms with Crippen molar-refractivity contribution in [2.75, 3.05) is 20.3 Å². The highest BCUT2D eigenvalue weighted by atomic mass is 16.5. The Hall–Kier alpha value is -1.39. The van der Waals surface area contributed by atoms with Gasteiger partial charge in [-0.3, -0.25) is 4.79 Å². The number of aliphatic hydroxyl groups is 1. The first-order chi connectivity index (χ1) is 10.2. The topological polar surface area (TPSA) is 58.6 Å². The number of rotatable bonds is 6. The van der Waals surface area contributed by atoms with Crippen molar-refractivity contribution in [3.05, 3.63) is 35.9 Å². The van der Waals surface area contributed by atoms with Gasteiger partial charge in [-0.05, 0) is 18.4 Å². The zero-order chi connectivity index (χ0) is 15.1. The molecule has 116 valence electrons.